The Labute approximate surface area is 226 Å². The van der Waals surface area contributed by atoms with E-state index in [1.54, 1.807) is 24.3 Å². The largest absolute Gasteiger partial charge is 0.493 e. The van der Waals surface area contributed by atoms with Gasteiger partial charge in [0.2, 0.25) is 0 Å². The third-order valence-corrected chi connectivity index (χ3v) is 6.04. The summed E-state index contributed by atoms with van der Waals surface area (Å²) in [6.07, 6.45) is 1.49. The van der Waals surface area contributed by atoms with E-state index in [1.807, 2.05) is 24.3 Å². The maximum atomic E-state index is 12.9. The van der Waals surface area contributed by atoms with Gasteiger partial charge in [-0.1, -0.05) is 64.1 Å². The Morgan fingerprint density at radius 1 is 0.868 bits per heavy atom. The number of para-hydroxylation sites is 1. The van der Waals surface area contributed by atoms with Crippen LogP contribution < -0.4 is 15.0 Å². The van der Waals surface area contributed by atoms with Crippen LogP contribution in [0.1, 0.15) is 62.0 Å². The summed E-state index contributed by atoms with van der Waals surface area (Å²) in [6.45, 7) is 10.9. The lowest BCUT2D eigenvalue weighted by Gasteiger charge is -2.27. The van der Waals surface area contributed by atoms with Gasteiger partial charge in [-0.05, 0) is 72.2 Å². The lowest BCUT2D eigenvalue weighted by molar-refractivity contribution is -0.137. The second-order valence-electron chi connectivity index (χ2n) is 10.5. The van der Waals surface area contributed by atoms with E-state index in [9.17, 15) is 9.59 Å². The molecule has 0 saturated carbocycles. The Bertz CT molecular complexity index is 1170. The Morgan fingerprint density at radius 2 is 1.53 bits per heavy atom. The number of benzene rings is 3. The molecule has 0 aliphatic rings. The Kier molecular flexibility index (Phi) is 10.8. The first-order chi connectivity index (χ1) is 18.2. The summed E-state index contributed by atoms with van der Waals surface area (Å²) in [6, 6.07) is 23.8. The predicted molar refractivity (Wildman–Crippen MR) is 154 cm³/mol. The molecular formula is C32H40N2O4. The number of nitrogens with one attached hydrogen (secondary N) is 1. The summed E-state index contributed by atoms with van der Waals surface area (Å²) < 4.78 is 5.68. The summed E-state index contributed by atoms with van der Waals surface area (Å²) in [5, 5.41) is 11.7. The highest BCUT2D eigenvalue weighted by molar-refractivity contribution is 6.06. The zero-order valence-corrected chi connectivity index (χ0v) is 22.9. The molecule has 0 aliphatic carbocycles. The number of anilines is 2. The number of hydrogen-bond acceptors (Lipinski definition) is 4. The molecule has 0 saturated heterocycles. The molecule has 3 rings (SSSR count). The molecule has 0 atom stereocenters. The lowest BCUT2D eigenvalue weighted by Crippen LogP contribution is -2.27. The first-order valence-corrected chi connectivity index (χ1v) is 13.4. The molecule has 0 radical (unpaired) electrons. The zero-order chi connectivity index (χ0) is 27.5. The average Bonchev–Trinajstić information content (AvgIpc) is 2.87. The number of carbonyl (C=O) groups is 2. The van der Waals surface area contributed by atoms with Gasteiger partial charge in [-0.2, -0.15) is 0 Å². The van der Waals surface area contributed by atoms with Crippen molar-refractivity contribution in [3.8, 4) is 5.75 Å². The van der Waals surface area contributed by atoms with Crippen LogP contribution in [0.3, 0.4) is 0 Å². The van der Waals surface area contributed by atoms with Gasteiger partial charge in [-0.25, -0.2) is 0 Å². The second-order valence-corrected chi connectivity index (χ2v) is 10.5. The van der Waals surface area contributed by atoms with Gasteiger partial charge in [0.15, 0.2) is 0 Å². The molecule has 0 unspecified atom stereocenters. The van der Waals surface area contributed by atoms with Crippen LogP contribution in [0.5, 0.6) is 5.75 Å². The molecule has 0 aromatic heterocycles. The first-order valence-electron chi connectivity index (χ1n) is 13.4. The number of rotatable bonds is 14. The number of carboxylic acids is 1. The van der Waals surface area contributed by atoms with Crippen LogP contribution in [0, 0.1) is 11.8 Å². The molecule has 3 aromatic carbocycles. The fourth-order valence-electron chi connectivity index (χ4n) is 4.31. The summed E-state index contributed by atoms with van der Waals surface area (Å²) in [5.74, 6) is 0.465. The summed E-state index contributed by atoms with van der Waals surface area (Å²) in [7, 11) is 0. The van der Waals surface area contributed by atoms with Crippen LogP contribution in [-0.2, 0) is 17.8 Å². The molecule has 3 aromatic rings. The highest BCUT2D eigenvalue weighted by Crippen LogP contribution is 2.23. The summed E-state index contributed by atoms with van der Waals surface area (Å²) in [4.78, 5) is 26.1. The van der Waals surface area contributed by atoms with Crippen LogP contribution in [0.2, 0.25) is 0 Å². The monoisotopic (exact) mass is 516 g/mol. The number of amides is 1. The van der Waals surface area contributed by atoms with Gasteiger partial charge in [0.1, 0.15) is 5.75 Å². The fraction of sp³-hybridized carbons (Fsp3) is 0.375. The van der Waals surface area contributed by atoms with E-state index in [0.29, 0.717) is 35.3 Å². The first kappa shape index (κ1) is 28.8. The number of aliphatic carboxylic acids is 1. The summed E-state index contributed by atoms with van der Waals surface area (Å²) >= 11 is 0. The van der Waals surface area contributed by atoms with E-state index in [0.717, 1.165) is 25.1 Å². The molecule has 202 valence electrons. The van der Waals surface area contributed by atoms with E-state index in [1.165, 1.54) is 11.3 Å². The van der Waals surface area contributed by atoms with Crippen molar-refractivity contribution in [1.29, 1.82) is 0 Å². The second kappa shape index (κ2) is 14.2. The Balaban J connectivity index is 1.64. The van der Waals surface area contributed by atoms with Crippen molar-refractivity contribution in [2.45, 2.75) is 53.5 Å². The van der Waals surface area contributed by atoms with Crippen molar-refractivity contribution in [2.24, 2.45) is 11.8 Å². The maximum absolute atomic E-state index is 12.9. The quantitative estimate of drug-likeness (QED) is 0.225. The third kappa shape index (κ3) is 9.25. The van der Waals surface area contributed by atoms with Crippen molar-refractivity contribution < 1.29 is 19.4 Å². The molecule has 0 fully saturated rings. The van der Waals surface area contributed by atoms with Crippen LogP contribution in [0.4, 0.5) is 11.4 Å². The van der Waals surface area contributed by atoms with Crippen LogP contribution in [0.25, 0.3) is 0 Å². The van der Waals surface area contributed by atoms with Gasteiger partial charge in [0.25, 0.3) is 5.91 Å². The molecule has 0 spiro atoms. The van der Waals surface area contributed by atoms with Crippen molar-refractivity contribution in [1.82, 2.24) is 0 Å². The van der Waals surface area contributed by atoms with Gasteiger partial charge in [0, 0.05) is 30.9 Å². The van der Waals surface area contributed by atoms with Crippen molar-refractivity contribution in [2.75, 3.05) is 23.4 Å². The van der Waals surface area contributed by atoms with Gasteiger partial charge < -0.3 is 20.1 Å². The number of nitrogens with zero attached hydrogens (tertiary/aromatic N) is 1. The molecule has 1 amide bonds. The molecular weight excluding hydrogens is 476 g/mol. The van der Waals surface area contributed by atoms with Gasteiger partial charge >= 0.3 is 5.97 Å². The van der Waals surface area contributed by atoms with Crippen molar-refractivity contribution in [3.63, 3.8) is 0 Å². The topological polar surface area (TPSA) is 78.9 Å². The SMILES string of the molecule is CC(C)Cc1ccc(N(Cc2ccc(NC(=O)c3ccccc3OCCCC(=O)O)cc2)CC(C)C)cc1. The summed E-state index contributed by atoms with van der Waals surface area (Å²) in [5.41, 5.74) is 4.85. The van der Waals surface area contributed by atoms with Crippen LogP contribution >= 0.6 is 0 Å². The van der Waals surface area contributed by atoms with E-state index in [-0.39, 0.29) is 18.9 Å². The molecule has 6 nitrogen and oxygen atoms in total. The van der Waals surface area contributed by atoms with Gasteiger partial charge in [0.05, 0.1) is 12.2 Å². The lowest BCUT2D eigenvalue weighted by atomic mass is 10.0. The van der Waals surface area contributed by atoms with E-state index >= 15 is 0 Å². The molecule has 2 N–H and O–H groups in total. The molecule has 38 heavy (non-hydrogen) atoms. The number of hydrogen-bond donors (Lipinski definition) is 2. The average molecular weight is 517 g/mol. The minimum atomic E-state index is -0.866. The van der Waals surface area contributed by atoms with Crippen molar-refractivity contribution >= 4 is 23.3 Å². The minimum Gasteiger partial charge on any atom is -0.493 e. The van der Waals surface area contributed by atoms with Gasteiger partial charge in [-0.15, -0.1) is 0 Å². The standard InChI is InChI=1S/C32H40N2O4/c1-23(2)20-25-13-17-28(18-14-25)34(21-24(3)4)22-26-11-15-27(16-12-26)33-32(37)29-8-5-6-9-30(29)38-19-7-10-31(35)36/h5-6,8-9,11-18,23-24H,7,10,19-22H2,1-4H3,(H,33,37)(H,35,36). The van der Waals surface area contributed by atoms with E-state index in [2.05, 4.69) is 62.2 Å². The molecule has 0 bridgehead atoms. The van der Waals surface area contributed by atoms with Crippen LogP contribution in [0.15, 0.2) is 72.8 Å². The van der Waals surface area contributed by atoms with Crippen LogP contribution in [-0.4, -0.2) is 30.1 Å². The zero-order valence-electron chi connectivity index (χ0n) is 22.9. The molecule has 0 aliphatic heterocycles. The minimum absolute atomic E-state index is 0.0265. The third-order valence-electron chi connectivity index (χ3n) is 6.04. The Hall–Kier alpha value is -3.80. The smallest absolute Gasteiger partial charge is 0.303 e. The van der Waals surface area contributed by atoms with Gasteiger partial charge in [-0.3, -0.25) is 9.59 Å². The Morgan fingerprint density at radius 3 is 2.16 bits per heavy atom. The van der Waals surface area contributed by atoms with E-state index in [4.69, 9.17) is 9.84 Å². The highest BCUT2D eigenvalue weighted by atomic mass is 16.5. The molecule has 6 heteroatoms. The molecule has 0 heterocycles. The van der Waals surface area contributed by atoms with Crippen molar-refractivity contribution in [3.05, 3.63) is 89.5 Å². The highest BCUT2D eigenvalue weighted by Gasteiger charge is 2.14. The number of carboxylic acid groups (broad SMARTS) is 1. The predicted octanol–water partition coefficient (Wildman–Crippen LogP) is 7.04. The number of ether oxygens (including phenoxy) is 1. The normalized spacial score (nSPS) is 11.0. The maximum Gasteiger partial charge on any atom is 0.303 e. The fourth-order valence-corrected chi connectivity index (χ4v) is 4.31. The number of carbonyl (C=O) groups excluding carboxylic acids is 1. The van der Waals surface area contributed by atoms with E-state index < -0.39 is 5.97 Å².